The van der Waals surface area contributed by atoms with Crippen molar-refractivity contribution < 1.29 is 5.11 Å². The maximum atomic E-state index is 8.84. The van der Waals surface area contributed by atoms with Crippen molar-refractivity contribution in [2.24, 2.45) is 0 Å². The Bertz CT molecular complexity index is 313. The summed E-state index contributed by atoms with van der Waals surface area (Å²) < 4.78 is 0. The molecule has 0 atom stereocenters. The van der Waals surface area contributed by atoms with Gasteiger partial charge in [-0.2, -0.15) is 5.26 Å². The highest BCUT2D eigenvalue weighted by atomic mass is 16.3. The van der Waals surface area contributed by atoms with Crippen molar-refractivity contribution in [2.75, 3.05) is 24.6 Å². The molecule has 1 rings (SSSR count). The summed E-state index contributed by atoms with van der Waals surface area (Å²) in [6.07, 6.45) is 0. The van der Waals surface area contributed by atoms with Crippen LogP contribution in [0.25, 0.3) is 0 Å². The molecule has 0 radical (unpaired) electrons. The van der Waals surface area contributed by atoms with Crippen LogP contribution in [-0.4, -0.2) is 24.8 Å². The van der Waals surface area contributed by atoms with Gasteiger partial charge in [-0.05, 0) is 31.2 Å². The molecule has 0 saturated heterocycles. The van der Waals surface area contributed by atoms with E-state index in [2.05, 4.69) is 11.0 Å². The van der Waals surface area contributed by atoms with E-state index in [1.807, 2.05) is 19.1 Å². The van der Waals surface area contributed by atoms with E-state index in [9.17, 15) is 0 Å². The van der Waals surface area contributed by atoms with Crippen molar-refractivity contribution in [3.63, 3.8) is 0 Å². The van der Waals surface area contributed by atoms with Gasteiger partial charge in [0, 0.05) is 18.8 Å². The minimum absolute atomic E-state index is 0.147. The van der Waals surface area contributed by atoms with Gasteiger partial charge in [-0.1, -0.05) is 0 Å². The van der Waals surface area contributed by atoms with Crippen molar-refractivity contribution in [3.8, 4) is 6.07 Å². The summed E-state index contributed by atoms with van der Waals surface area (Å²) in [5.41, 5.74) is 1.70. The van der Waals surface area contributed by atoms with E-state index in [0.717, 1.165) is 12.2 Å². The van der Waals surface area contributed by atoms with Crippen LogP contribution in [0, 0.1) is 11.3 Å². The Hall–Kier alpha value is -1.53. The Kier molecular flexibility index (Phi) is 3.96. The SMILES string of the molecule is CCN(CCO)c1ccc(C#N)cc1. The van der Waals surface area contributed by atoms with E-state index in [0.29, 0.717) is 12.1 Å². The van der Waals surface area contributed by atoms with Gasteiger partial charge >= 0.3 is 0 Å². The predicted molar refractivity (Wildman–Crippen MR) is 56.1 cm³/mol. The second-order valence-electron chi connectivity index (χ2n) is 2.96. The highest BCUT2D eigenvalue weighted by Gasteiger charge is 2.02. The van der Waals surface area contributed by atoms with Gasteiger partial charge < -0.3 is 10.0 Å². The van der Waals surface area contributed by atoms with Gasteiger partial charge in [0.1, 0.15) is 0 Å². The molecule has 0 saturated carbocycles. The summed E-state index contributed by atoms with van der Waals surface area (Å²) in [6.45, 7) is 3.66. The molecule has 0 heterocycles. The van der Waals surface area contributed by atoms with E-state index in [4.69, 9.17) is 10.4 Å². The van der Waals surface area contributed by atoms with Crippen molar-refractivity contribution in [2.45, 2.75) is 6.92 Å². The Labute approximate surface area is 84.2 Å². The fourth-order valence-corrected chi connectivity index (χ4v) is 1.34. The minimum atomic E-state index is 0.147. The zero-order valence-corrected chi connectivity index (χ0v) is 8.27. The molecule has 1 aromatic rings. The largest absolute Gasteiger partial charge is 0.395 e. The molecule has 0 spiro atoms. The molecule has 1 aromatic carbocycles. The Morgan fingerprint density at radius 3 is 2.43 bits per heavy atom. The summed E-state index contributed by atoms with van der Waals surface area (Å²) in [5.74, 6) is 0. The number of nitriles is 1. The van der Waals surface area contributed by atoms with Crippen LogP contribution in [0.1, 0.15) is 12.5 Å². The van der Waals surface area contributed by atoms with Gasteiger partial charge in [0.05, 0.1) is 18.2 Å². The zero-order chi connectivity index (χ0) is 10.4. The molecule has 0 bridgehead atoms. The molecular weight excluding hydrogens is 176 g/mol. The Morgan fingerprint density at radius 2 is 2.00 bits per heavy atom. The lowest BCUT2D eigenvalue weighted by molar-refractivity contribution is 0.302. The van der Waals surface area contributed by atoms with E-state index in [1.54, 1.807) is 12.1 Å². The lowest BCUT2D eigenvalue weighted by atomic mass is 10.2. The number of hydrogen-bond donors (Lipinski definition) is 1. The zero-order valence-electron chi connectivity index (χ0n) is 8.27. The predicted octanol–water partition coefficient (Wildman–Crippen LogP) is 1.38. The van der Waals surface area contributed by atoms with Crippen LogP contribution in [0.4, 0.5) is 5.69 Å². The highest BCUT2D eigenvalue weighted by molar-refractivity contribution is 5.49. The minimum Gasteiger partial charge on any atom is -0.395 e. The van der Waals surface area contributed by atoms with Crippen LogP contribution in [0.5, 0.6) is 0 Å². The molecule has 14 heavy (non-hydrogen) atoms. The van der Waals surface area contributed by atoms with Gasteiger partial charge in [0.2, 0.25) is 0 Å². The van der Waals surface area contributed by atoms with Crippen LogP contribution in [0.2, 0.25) is 0 Å². The first-order valence-corrected chi connectivity index (χ1v) is 4.67. The average Bonchev–Trinajstić information content (AvgIpc) is 2.26. The molecule has 3 heteroatoms. The van der Waals surface area contributed by atoms with Crippen LogP contribution < -0.4 is 4.90 Å². The lowest BCUT2D eigenvalue weighted by Crippen LogP contribution is -2.25. The van der Waals surface area contributed by atoms with Crippen molar-refractivity contribution >= 4 is 5.69 Å². The topological polar surface area (TPSA) is 47.3 Å². The number of nitrogens with zero attached hydrogens (tertiary/aromatic N) is 2. The maximum absolute atomic E-state index is 8.84. The van der Waals surface area contributed by atoms with Crippen LogP contribution >= 0.6 is 0 Å². The monoisotopic (exact) mass is 190 g/mol. The highest BCUT2D eigenvalue weighted by Crippen LogP contribution is 2.14. The molecule has 74 valence electrons. The van der Waals surface area contributed by atoms with Gasteiger partial charge in [-0.15, -0.1) is 0 Å². The molecule has 0 aliphatic carbocycles. The first kappa shape index (κ1) is 10.6. The number of hydrogen-bond acceptors (Lipinski definition) is 3. The van der Waals surface area contributed by atoms with Crippen LogP contribution in [0.3, 0.4) is 0 Å². The molecule has 0 aromatic heterocycles. The number of likely N-dealkylation sites (N-methyl/N-ethyl adjacent to an activating group) is 1. The first-order chi connectivity index (χ1) is 6.81. The Balaban J connectivity index is 2.79. The number of aliphatic hydroxyl groups excluding tert-OH is 1. The summed E-state index contributed by atoms with van der Waals surface area (Å²) >= 11 is 0. The standard InChI is InChI=1S/C11H14N2O/c1-2-13(7-8-14)11-5-3-10(9-12)4-6-11/h3-6,14H,2,7-8H2,1H3. The molecule has 0 unspecified atom stereocenters. The third-order valence-corrected chi connectivity index (χ3v) is 2.11. The third-order valence-electron chi connectivity index (χ3n) is 2.11. The van der Waals surface area contributed by atoms with Gasteiger partial charge in [-0.3, -0.25) is 0 Å². The summed E-state index contributed by atoms with van der Waals surface area (Å²) in [7, 11) is 0. The molecule has 0 aliphatic heterocycles. The number of aliphatic hydroxyl groups is 1. The Morgan fingerprint density at radius 1 is 1.36 bits per heavy atom. The fourth-order valence-electron chi connectivity index (χ4n) is 1.34. The molecule has 1 N–H and O–H groups in total. The smallest absolute Gasteiger partial charge is 0.0991 e. The van der Waals surface area contributed by atoms with Gasteiger partial charge in [-0.25, -0.2) is 0 Å². The summed E-state index contributed by atoms with van der Waals surface area (Å²) in [4.78, 5) is 2.06. The maximum Gasteiger partial charge on any atom is 0.0991 e. The second kappa shape index (κ2) is 5.25. The molecule has 0 aliphatic rings. The van der Waals surface area contributed by atoms with E-state index in [-0.39, 0.29) is 6.61 Å². The molecular formula is C11H14N2O. The number of rotatable bonds is 4. The molecule has 0 amide bonds. The van der Waals surface area contributed by atoms with Crippen LogP contribution in [0.15, 0.2) is 24.3 Å². The molecule has 0 fully saturated rings. The normalized spacial score (nSPS) is 9.50. The number of benzene rings is 1. The van der Waals surface area contributed by atoms with Crippen molar-refractivity contribution in [1.82, 2.24) is 0 Å². The average molecular weight is 190 g/mol. The van der Waals surface area contributed by atoms with E-state index < -0.39 is 0 Å². The van der Waals surface area contributed by atoms with Crippen molar-refractivity contribution in [3.05, 3.63) is 29.8 Å². The van der Waals surface area contributed by atoms with Gasteiger partial charge in [0.25, 0.3) is 0 Å². The van der Waals surface area contributed by atoms with Crippen molar-refractivity contribution in [1.29, 1.82) is 5.26 Å². The fraction of sp³-hybridized carbons (Fsp3) is 0.364. The quantitative estimate of drug-likeness (QED) is 0.780. The lowest BCUT2D eigenvalue weighted by Gasteiger charge is -2.21. The first-order valence-electron chi connectivity index (χ1n) is 4.67. The second-order valence-corrected chi connectivity index (χ2v) is 2.96. The third kappa shape index (κ3) is 2.48. The van der Waals surface area contributed by atoms with E-state index >= 15 is 0 Å². The van der Waals surface area contributed by atoms with Gasteiger partial charge in [0.15, 0.2) is 0 Å². The van der Waals surface area contributed by atoms with E-state index in [1.165, 1.54) is 0 Å². The summed E-state index contributed by atoms with van der Waals surface area (Å²) in [6, 6.07) is 9.45. The molecule has 3 nitrogen and oxygen atoms in total. The van der Waals surface area contributed by atoms with Crippen LogP contribution in [-0.2, 0) is 0 Å². The summed E-state index contributed by atoms with van der Waals surface area (Å²) in [5, 5.41) is 17.5. The number of anilines is 1.